The van der Waals surface area contributed by atoms with Gasteiger partial charge in [0.25, 0.3) is 0 Å². The summed E-state index contributed by atoms with van der Waals surface area (Å²) in [6.45, 7) is 4.09. The average Bonchev–Trinajstić information content (AvgIpc) is 2.58. The highest BCUT2D eigenvalue weighted by molar-refractivity contribution is 6.02. The van der Waals surface area contributed by atoms with E-state index in [4.69, 9.17) is 14.2 Å². The minimum atomic E-state index is -0.350. The van der Waals surface area contributed by atoms with E-state index >= 15 is 0 Å². The predicted molar refractivity (Wildman–Crippen MR) is 96.6 cm³/mol. The number of amides is 1. The van der Waals surface area contributed by atoms with E-state index in [1.807, 2.05) is 13.8 Å². The summed E-state index contributed by atoms with van der Waals surface area (Å²) < 4.78 is 16.3. The van der Waals surface area contributed by atoms with Crippen molar-refractivity contribution in [2.45, 2.75) is 39.0 Å². The molecule has 0 bridgehead atoms. The standard InChI is InChI=1S/C20H25NO5/c1-20(2)9-13-19(14(22)10-20)12(7-18(23)21-13)11-6-16(25-4)17(26-5)8-15(11)24-3/h6,8,12H,7,9-10H2,1-5H3,(H,21,23)/t12-/m1/s1. The summed E-state index contributed by atoms with van der Waals surface area (Å²) in [5, 5.41) is 2.92. The van der Waals surface area contributed by atoms with Crippen molar-refractivity contribution in [3.05, 3.63) is 29.0 Å². The number of carbonyl (C=O) groups is 2. The first kappa shape index (κ1) is 18.3. The Kier molecular flexibility index (Phi) is 4.69. The number of methoxy groups -OCH3 is 3. The van der Waals surface area contributed by atoms with Gasteiger partial charge >= 0.3 is 0 Å². The first-order valence-electron chi connectivity index (χ1n) is 8.65. The van der Waals surface area contributed by atoms with Crippen molar-refractivity contribution in [2.75, 3.05) is 21.3 Å². The van der Waals surface area contributed by atoms with Crippen LogP contribution in [0, 0.1) is 5.41 Å². The molecule has 1 heterocycles. The average molecular weight is 359 g/mol. The molecule has 0 spiro atoms. The highest BCUT2D eigenvalue weighted by Crippen LogP contribution is 2.47. The molecule has 1 aliphatic carbocycles. The van der Waals surface area contributed by atoms with Gasteiger partial charge in [0.05, 0.1) is 21.3 Å². The van der Waals surface area contributed by atoms with Crippen molar-refractivity contribution < 1.29 is 23.8 Å². The smallest absolute Gasteiger partial charge is 0.225 e. The van der Waals surface area contributed by atoms with Crippen LogP contribution in [0.1, 0.15) is 44.6 Å². The van der Waals surface area contributed by atoms with Gasteiger partial charge < -0.3 is 19.5 Å². The number of hydrogen-bond acceptors (Lipinski definition) is 5. The van der Waals surface area contributed by atoms with Crippen LogP contribution in [0.2, 0.25) is 0 Å². The van der Waals surface area contributed by atoms with E-state index in [9.17, 15) is 9.59 Å². The number of ketones is 1. The topological polar surface area (TPSA) is 73.9 Å². The lowest BCUT2D eigenvalue weighted by molar-refractivity contribution is -0.122. The van der Waals surface area contributed by atoms with E-state index in [-0.39, 0.29) is 29.4 Å². The number of Topliss-reactive ketones (excluding diaryl/α,β-unsaturated/α-hetero) is 1. The summed E-state index contributed by atoms with van der Waals surface area (Å²) in [5.41, 5.74) is 2.03. The van der Waals surface area contributed by atoms with Gasteiger partial charge in [0.1, 0.15) is 5.75 Å². The second kappa shape index (κ2) is 6.67. The predicted octanol–water partition coefficient (Wildman–Crippen LogP) is 2.96. The summed E-state index contributed by atoms with van der Waals surface area (Å²) in [5.74, 6) is 1.30. The van der Waals surface area contributed by atoms with Crippen LogP contribution < -0.4 is 19.5 Å². The molecule has 0 aromatic heterocycles. The Morgan fingerprint density at radius 1 is 0.962 bits per heavy atom. The van der Waals surface area contributed by atoms with Crippen molar-refractivity contribution in [3.63, 3.8) is 0 Å². The molecule has 2 aliphatic rings. The lowest BCUT2D eigenvalue weighted by Crippen LogP contribution is -2.40. The summed E-state index contributed by atoms with van der Waals surface area (Å²) in [7, 11) is 4.67. The molecule has 1 aliphatic heterocycles. The lowest BCUT2D eigenvalue weighted by Gasteiger charge is -2.38. The normalized spacial score (nSPS) is 21.8. The van der Waals surface area contributed by atoms with Gasteiger partial charge in [-0.1, -0.05) is 13.8 Å². The molecule has 0 saturated carbocycles. The minimum Gasteiger partial charge on any atom is -0.496 e. The summed E-state index contributed by atoms with van der Waals surface area (Å²) in [6, 6.07) is 3.54. The largest absolute Gasteiger partial charge is 0.496 e. The van der Waals surface area contributed by atoms with Crippen molar-refractivity contribution in [2.24, 2.45) is 5.41 Å². The van der Waals surface area contributed by atoms with Gasteiger partial charge in [0.15, 0.2) is 17.3 Å². The first-order valence-corrected chi connectivity index (χ1v) is 8.65. The number of benzene rings is 1. The highest BCUT2D eigenvalue weighted by atomic mass is 16.5. The van der Waals surface area contributed by atoms with Crippen LogP contribution in [-0.2, 0) is 9.59 Å². The van der Waals surface area contributed by atoms with E-state index in [2.05, 4.69) is 5.32 Å². The number of carbonyl (C=O) groups excluding carboxylic acids is 2. The quantitative estimate of drug-likeness (QED) is 0.895. The summed E-state index contributed by atoms with van der Waals surface area (Å²) in [6.07, 6.45) is 1.34. The molecule has 0 fully saturated rings. The fraction of sp³-hybridized carbons (Fsp3) is 0.500. The van der Waals surface area contributed by atoms with Crippen LogP contribution in [0.25, 0.3) is 0 Å². The molecule has 1 amide bonds. The third kappa shape index (κ3) is 3.16. The molecule has 0 unspecified atom stereocenters. The zero-order valence-electron chi connectivity index (χ0n) is 15.9. The molecule has 0 saturated heterocycles. The number of nitrogens with one attached hydrogen (secondary N) is 1. The Bertz CT molecular complexity index is 794. The van der Waals surface area contributed by atoms with Crippen molar-refractivity contribution in [3.8, 4) is 17.2 Å². The molecule has 6 nitrogen and oxygen atoms in total. The monoisotopic (exact) mass is 359 g/mol. The Morgan fingerprint density at radius 3 is 2.19 bits per heavy atom. The Labute approximate surface area is 153 Å². The molecule has 1 N–H and O–H groups in total. The molecule has 6 heteroatoms. The molecule has 140 valence electrons. The zero-order chi connectivity index (χ0) is 19.1. The number of allylic oxidation sites excluding steroid dienone is 2. The van der Waals surface area contributed by atoms with Gasteiger partial charge in [-0.05, 0) is 17.9 Å². The molecule has 1 atom stereocenters. The maximum atomic E-state index is 12.9. The van der Waals surface area contributed by atoms with Crippen molar-refractivity contribution in [1.82, 2.24) is 5.32 Å². The second-order valence-corrected chi connectivity index (χ2v) is 7.59. The molecule has 1 aromatic rings. The van der Waals surface area contributed by atoms with Gasteiger partial charge in [-0.3, -0.25) is 9.59 Å². The Hall–Kier alpha value is -2.50. The van der Waals surface area contributed by atoms with E-state index < -0.39 is 0 Å². The summed E-state index contributed by atoms with van der Waals surface area (Å²) >= 11 is 0. The van der Waals surface area contributed by atoms with Crippen LogP contribution >= 0.6 is 0 Å². The fourth-order valence-corrected chi connectivity index (χ4v) is 3.95. The van der Waals surface area contributed by atoms with Crippen LogP contribution in [0.3, 0.4) is 0 Å². The van der Waals surface area contributed by atoms with Gasteiger partial charge in [0.2, 0.25) is 5.91 Å². The van der Waals surface area contributed by atoms with E-state index in [1.165, 1.54) is 0 Å². The third-order valence-electron chi connectivity index (χ3n) is 5.06. The lowest BCUT2D eigenvalue weighted by atomic mass is 9.69. The molecular weight excluding hydrogens is 334 g/mol. The van der Waals surface area contributed by atoms with Crippen LogP contribution in [0.4, 0.5) is 0 Å². The van der Waals surface area contributed by atoms with Gasteiger partial charge in [-0.25, -0.2) is 0 Å². The molecular formula is C20H25NO5. The summed E-state index contributed by atoms with van der Waals surface area (Å²) in [4.78, 5) is 25.2. The molecule has 1 aromatic carbocycles. The molecule has 3 rings (SSSR count). The number of rotatable bonds is 4. The molecule has 0 radical (unpaired) electrons. The third-order valence-corrected chi connectivity index (χ3v) is 5.06. The minimum absolute atomic E-state index is 0.0816. The van der Waals surface area contributed by atoms with Gasteiger partial charge in [-0.2, -0.15) is 0 Å². The Balaban J connectivity index is 2.16. The van der Waals surface area contributed by atoms with Crippen molar-refractivity contribution in [1.29, 1.82) is 0 Å². The van der Waals surface area contributed by atoms with E-state index in [1.54, 1.807) is 33.5 Å². The number of ether oxygens (including phenoxy) is 3. The van der Waals surface area contributed by atoms with E-state index in [0.717, 1.165) is 11.3 Å². The maximum absolute atomic E-state index is 12.9. The maximum Gasteiger partial charge on any atom is 0.225 e. The first-order chi connectivity index (χ1) is 12.3. The fourth-order valence-electron chi connectivity index (χ4n) is 3.95. The zero-order valence-corrected chi connectivity index (χ0v) is 15.9. The van der Waals surface area contributed by atoms with E-state index in [0.29, 0.717) is 35.7 Å². The number of hydrogen-bond donors (Lipinski definition) is 1. The van der Waals surface area contributed by atoms with Crippen LogP contribution in [-0.4, -0.2) is 33.0 Å². The highest BCUT2D eigenvalue weighted by Gasteiger charge is 2.41. The van der Waals surface area contributed by atoms with Gasteiger partial charge in [0, 0.05) is 41.7 Å². The van der Waals surface area contributed by atoms with Crippen LogP contribution in [0.15, 0.2) is 23.4 Å². The Morgan fingerprint density at radius 2 is 1.58 bits per heavy atom. The SMILES string of the molecule is COc1cc(OC)c([C@H]2CC(=O)NC3=C2C(=O)CC(C)(C)C3)cc1OC. The second-order valence-electron chi connectivity index (χ2n) is 7.59. The van der Waals surface area contributed by atoms with Gasteiger partial charge in [-0.15, -0.1) is 0 Å². The van der Waals surface area contributed by atoms with Crippen molar-refractivity contribution >= 4 is 11.7 Å². The molecule has 26 heavy (non-hydrogen) atoms. The van der Waals surface area contributed by atoms with Crippen LogP contribution in [0.5, 0.6) is 17.2 Å².